The molecule has 2 fully saturated rings. The van der Waals surface area contributed by atoms with Gasteiger partial charge in [-0.05, 0) is 63.0 Å². The number of hydrogen-bond donors (Lipinski definition) is 2. The fraction of sp³-hybridized carbons (Fsp3) is 0.708. The fourth-order valence-electron chi connectivity index (χ4n) is 4.78. The summed E-state index contributed by atoms with van der Waals surface area (Å²) in [5.74, 6) is 0.331. The number of amides is 1. The molecule has 2 saturated carbocycles. The minimum absolute atomic E-state index is 0.109. The van der Waals surface area contributed by atoms with Crippen LogP contribution >= 0.6 is 0 Å². The molecule has 0 radical (unpaired) electrons. The van der Waals surface area contributed by atoms with Crippen molar-refractivity contribution in [2.75, 3.05) is 13.2 Å². The smallest absolute Gasteiger partial charge is 0.223 e. The van der Waals surface area contributed by atoms with Crippen LogP contribution in [0.1, 0.15) is 69.4 Å². The lowest BCUT2D eigenvalue weighted by molar-refractivity contribution is -0.127. The van der Waals surface area contributed by atoms with Crippen LogP contribution in [0.25, 0.3) is 0 Å². The van der Waals surface area contributed by atoms with Crippen LogP contribution in [-0.2, 0) is 16.0 Å². The van der Waals surface area contributed by atoms with E-state index < -0.39 is 0 Å². The van der Waals surface area contributed by atoms with Gasteiger partial charge in [0, 0.05) is 31.2 Å². The molecule has 0 heterocycles. The van der Waals surface area contributed by atoms with Crippen molar-refractivity contribution in [3.8, 4) is 0 Å². The minimum atomic E-state index is 0.109. The van der Waals surface area contributed by atoms with E-state index in [0.29, 0.717) is 12.1 Å². The fourth-order valence-corrected chi connectivity index (χ4v) is 4.78. The zero-order chi connectivity index (χ0) is 19.8. The van der Waals surface area contributed by atoms with Gasteiger partial charge in [-0.25, -0.2) is 0 Å². The van der Waals surface area contributed by atoms with Crippen LogP contribution in [0, 0.1) is 12.8 Å². The molecular formula is C24H38N2O2. The predicted molar refractivity (Wildman–Crippen MR) is 114 cm³/mol. The Balaban J connectivity index is 1.49. The van der Waals surface area contributed by atoms with Gasteiger partial charge in [-0.1, -0.05) is 44.0 Å². The molecule has 0 saturated heterocycles. The summed E-state index contributed by atoms with van der Waals surface area (Å²) in [6.07, 6.45) is 10.2. The average molecular weight is 387 g/mol. The Bertz CT molecular complexity index is 612. The summed E-state index contributed by atoms with van der Waals surface area (Å²) in [4.78, 5) is 12.8. The summed E-state index contributed by atoms with van der Waals surface area (Å²) >= 11 is 0. The second kappa shape index (κ2) is 11.0. The van der Waals surface area contributed by atoms with Gasteiger partial charge in [-0.3, -0.25) is 4.79 Å². The van der Waals surface area contributed by atoms with E-state index in [0.717, 1.165) is 45.3 Å². The van der Waals surface area contributed by atoms with Crippen LogP contribution in [0.4, 0.5) is 0 Å². The second-order valence-corrected chi connectivity index (χ2v) is 8.64. The summed E-state index contributed by atoms with van der Waals surface area (Å²) in [7, 11) is 0. The molecule has 1 aromatic rings. The van der Waals surface area contributed by atoms with E-state index in [1.807, 2.05) is 0 Å². The van der Waals surface area contributed by atoms with Gasteiger partial charge in [0.25, 0.3) is 0 Å². The van der Waals surface area contributed by atoms with Crippen LogP contribution in [0.2, 0.25) is 0 Å². The van der Waals surface area contributed by atoms with Gasteiger partial charge in [-0.2, -0.15) is 0 Å². The largest absolute Gasteiger partial charge is 0.377 e. The highest BCUT2D eigenvalue weighted by atomic mass is 16.5. The molecule has 1 aromatic carbocycles. The number of hydrogen-bond acceptors (Lipinski definition) is 3. The average Bonchev–Trinajstić information content (AvgIpc) is 3.21. The van der Waals surface area contributed by atoms with Gasteiger partial charge in [0.2, 0.25) is 5.91 Å². The quantitative estimate of drug-likeness (QED) is 0.670. The van der Waals surface area contributed by atoms with E-state index in [9.17, 15) is 4.79 Å². The van der Waals surface area contributed by atoms with Gasteiger partial charge in [0.1, 0.15) is 0 Å². The molecular weight excluding hydrogens is 348 g/mol. The Kier molecular flexibility index (Phi) is 8.35. The maximum absolute atomic E-state index is 12.8. The number of aryl methyl sites for hydroxylation is 1. The second-order valence-electron chi connectivity index (χ2n) is 8.64. The molecule has 3 atom stereocenters. The van der Waals surface area contributed by atoms with E-state index in [2.05, 4.69) is 48.7 Å². The molecule has 0 bridgehead atoms. The van der Waals surface area contributed by atoms with E-state index >= 15 is 0 Å². The molecule has 0 aromatic heterocycles. The van der Waals surface area contributed by atoms with Crippen LogP contribution in [0.5, 0.6) is 0 Å². The minimum Gasteiger partial charge on any atom is -0.377 e. The molecule has 4 nitrogen and oxygen atoms in total. The monoisotopic (exact) mass is 386 g/mol. The van der Waals surface area contributed by atoms with E-state index in [4.69, 9.17) is 4.74 Å². The SMILES string of the molecule is CCCO[C@@H]1CC[C@H](C(=O)NCCc2ccccc2C)C[C@H]1NC1CCCC1. The van der Waals surface area contributed by atoms with Crippen molar-refractivity contribution in [2.45, 2.75) is 89.8 Å². The zero-order valence-electron chi connectivity index (χ0n) is 17.7. The van der Waals surface area contributed by atoms with Gasteiger partial charge in [0.05, 0.1) is 6.10 Å². The molecule has 2 aliphatic carbocycles. The highest BCUT2D eigenvalue weighted by molar-refractivity contribution is 5.78. The third kappa shape index (κ3) is 6.05. The summed E-state index contributed by atoms with van der Waals surface area (Å²) < 4.78 is 6.14. The summed E-state index contributed by atoms with van der Waals surface area (Å²) in [5.41, 5.74) is 2.62. The molecule has 0 spiro atoms. The molecule has 2 aliphatic rings. The topological polar surface area (TPSA) is 50.4 Å². The molecule has 0 unspecified atom stereocenters. The molecule has 2 N–H and O–H groups in total. The normalized spacial score (nSPS) is 25.7. The molecule has 4 heteroatoms. The first kappa shape index (κ1) is 21.3. The first-order chi connectivity index (χ1) is 13.7. The summed E-state index contributed by atoms with van der Waals surface area (Å²) in [6.45, 7) is 5.83. The van der Waals surface area contributed by atoms with Crippen molar-refractivity contribution in [1.29, 1.82) is 0 Å². The Morgan fingerprint density at radius 1 is 1.14 bits per heavy atom. The van der Waals surface area contributed by atoms with Crippen molar-refractivity contribution < 1.29 is 9.53 Å². The molecule has 156 valence electrons. The highest BCUT2D eigenvalue weighted by Crippen LogP contribution is 2.29. The molecule has 1 amide bonds. The van der Waals surface area contributed by atoms with Crippen LogP contribution < -0.4 is 10.6 Å². The Hall–Kier alpha value is -1.39. The van der Waals surface area contributed by atoms with E-state index in [1.165, 1.54) is 36.8 Å². The number of nitrogens with one attached hydrogen (secondary N) is 2. The van der Waals surface area contributed by atoms with Gasteiger partial charge >= 0.3 is 0 Å². The van der Waals surface area contributed by atoms with E-state index in [-0.39, 0.29) is 17.9 Å². The Morgan fingerprint density at radius 2 is 1.93 bits per heavy atom. The Labute approximate surface area is 170 Å². The van der Waals surface area contributed by atoms with Crippen molar-refractivity contribution in [3.05, 3.63) is 35.4 Å². The standard InChI is InChI=1S/C24H38N2O2/c1-3-16-28-23-13-12-20(17-22(23)26-21-10-6-7-11-21)24(27)25-15-14-19-9-5-4-8-18(19)2/h4-5,8-9,20-23,26H,3,6-7,10-17H2,1-2H3,(H,25,27)/t20-,22+,23+/m0/s1. The van der Waals surface area contributed by atoms with E-state index in [1.54, 1.807) is 0 Å². The first-order valence-corrected chi connectivity index (χ1v) is 11.4. The van der Waals surface area contributed by atoms with Gasteiger partial charge in [-0.15, -0.1) is 0 Å². The predicted octanol–water partition coefficient (Wildman–Crippen LogP) is 4.15. The molecule has 28 heavy (non-hydrogen) atoms. The zero-order valence-corrected chi connectivity index (χ0v) is 17.7. The highest BCUT2D eigenvalue weighted by Gasteiger charge is 2.35. The molecule has 3 rings (SSSR count). The van der Waals surface area contributed by atoms with Crippen LogP contribution in [0.3, 0.4) is 0 Å². The van der Waals surface area contributed by atoms with Gasteiger partial charge in [0.15, 0.2) is 0 Å². The third-order valence-corrected chi connectivity index (χ3v) is 6.45. The van der Waals surface area contributed by atoms with Crippen molar-refractivity contribution in [3.63, 3.8) is 0 Å². The lowest BCUT2D eigenvalue weighted by atomic mass is 9.82. The number of carbonyl (C=O) groups is 1. The lowest BCUT2D eigenvalue weighted by Gasteiger charge is -2.37. The van der Waals surface area contributed by atoms with Crippen molar-refractivity contribution in [2.24, 2.45) is 5.92 Å². The lowest BCUT2D eigenvalue weighted by Crippen LogP contribution is -2.51. The van der Waals surface area contributed by atoms with Crippen LogP contribution in [0.15, 0.2) is 24.3 Å². The summed E-state index contributed by atoms with van der Waals surface area (Å²) in [6, 6.07) is 9.35. The van der Waals surface area contributed by atoms with Crippen molar-refractivity contribution in [1.82, 2.24) is 10.6 Å². The number of ether oxygens (including phenoxy) is 1. The summed E-state index contributed by atoms with van der Waals surface area (Å²) in [5, 5.41) is 7.04. The Morgan fingerprint density at radius 3 is 2.68 bits per heavy atom. The maximum atomic E-state index is 12.8. The first-order valence-electron chi connectivity index (χ1n) is 11.4. The molecule has 0 aliphatic heterocycles. The van der Waals surface area contributed by atoms with Crippen molar-refractivity contribution >= 4 is 5.91 Å². The maximum Gasteiger partial charge on any atom is 0.223 e. The number of benzene rings is 1. The van der Waals surface area contributed by atoms with Crippen LogP contribution in [-0.4, -0.2) is 37.2 Å². The number of rotatable bonds is 9. The third-order valence-electron chi connectivity index (χ3n) is 6.45. The number of carbonyl (C=O) groups excluding carboxylic acids is 1. The van der Waals surface area contributed by atoms with Gasteiger partial charge < -0.3 is 15.4 Å².